The van der Waals surface area contributed by atoms with E-state index in [1.54, 1.807) is 11.3 Å². The van der Waals surface area contributed by atoms with E-state index in [2.05, 4.69) is 45.8 Å². The number of aliphatic carboxylic acids is 1. The van der Waals surface area contributed by atoms with Crippen LogP contribution in [0.15, 0.2) is 35.2 Å². The lowest BCUT2D eigenvalue weighted by Gasteiger charge is -2.36. The number of pyridine rings is 1. The zero-order valence-electron chi connectivity index (χ0n) is 13.3. The van der Waals surface area contributed by atoms with Gasteiger partial charge in [-0.25, -0.2) is 0 Å². The van der Waals surface area contributed by atoms with Gasteiger partial charge in [0.15, 0.2) is 0 Å². The fourth-order valence-electron chi connectivity index (χ4n) is 3.21. The first-order valence-electron chi connectivity index (χ1n) is 8.12. The molecule has 4 nitrogen and oxygen atoms in total. The third kappa shape index (κ3) is 3.62. The summed E-state index contributed by atoms with van der Waals surface area (Å²) in [6.45, 7) is 3.73. The summed E-state index contributed by atoms with van der Waals surface area (Å²) in [5, 5.41) is 13.5. The number of hydrogen-bond donors (Lipinski definition) is 1. The molecule has 0 saturated carbocycles. The van der Waals surface area contributed by atoms with Crippen molar-refractivity contribution in [1.82, 2.24) is 9.88 Å². The Bertz CT molecular complexity index is 632. The summed E-state index contributed by atoms with van der Waals surface area (Å²) < 4.78 is 0. The van der Waals surface area contributed by atoms with Crippen LogP contribution in [0.4, 0.5) is 0 Å². The van der Waals surface area contributed by atoms with E-state index in [0.29, 0.717) is 12.8 Å². The second kappa shape index (κ2) is 7.23. The van der Waals surface area contributed by atoms with Crippen LogP contribution in [0.5, 0.6) is 0 Å². The lowest BCUT2D eigenvalue weighted by atomic mass is 9.93. The third-order valence-corrected chi connectivity index (χ3v) is 5.34. The molecule has 1 aliphatic rings. The highest BCUT2D eigenvalue weighted by molar-refractivity contribution is 7.08. The Kier molecular flexibility index (Phi) is 5.08. The zero-order valence-corrected chi connectivity index (χ0v) is 14.1. The Morgan fingerprint density at radius 3 is 2.70 bits per heavy atom. The van der Waals surface area contributed by atoms with Crippen LogP contribution in [-0.4, -0.2) is 34.0 Å². The molecule has 1 fully saturated rings. The maximum atomic E-state index is 11.2. The van der Waals surface area contributed by atoms with Gasteiger partial charge in [-0.15, -0.1) is 0 Å². The summed E-state index contributed by atoms with van der Waals surface area (Å²) >= 11 is 1.69. The van der Waals surface area contributed by atoms with Crippen molar-refractivity contribution in [2.24, 2.45) is 5.92 Å². The van der Waals surface area contributed by atoms with Gasteiger partial charge in [0.2, 0.25) is 0 Å². The van der Waals surface area contributed by atoms with E-state index >= 15 is 0 Å². The zero-order chi connectivity index (χ0) is 16.2. The lowest BCUT2D eigenvalue weighted by molar-refractivity contribution is -0.143. The molecule has 1 atom stereocenters. The minimum Gasteiger partial charge on any atom is -0.481 e. The molecule has 1 aliphatic heterocycles. The average molecular weight is 330 g/mol. The van der Waals surface area contributed by atoms with E-state index in [1.165, 1.54) is 11.1 Å². The van der Waals surface area contributed by atoms with Crippen LogP contribution in [0.3, 0.4) is 0 Å². The van der Waals surface area contributed by atoms with Gasteiger partial charge in [0.1, 0.15) is 0 Å². The number of likely N-dealkylation sites (tertiary alicyclic amines) is 1. The molecule has 2 aromatic heterocycles. The molecule has 0 aromatic carbocycles. The van der Waals surface area contributed by atoms with Crippen LogP contribution in [-0.2, 0) is 11.2 Å². The predicted molar refractivity (Wildman–Crippen MR) is 91.7 cm³/mol. The minimum atomic E-state index is -0.665. The van der Waals surface area contributed by atoms with Gasteiger partial charge in [0.25, 0.3) is 0 Å². The molecular formula is C18H22N2O2S. The SMILES string of the molecule is CCc1ccc(C(c2ccsc2)N2CCC(C(=O)O)CC2)nc1. The highest BCUT2D eigenvalue weighted by atomic mass is 32.1. The molecule has 1 saturated heterocycles. The molecule has 1 N–H and O–H groups in total. The second-order valence-corrected chi connectivity index (χ2v) is 6.83. The fourth-order valence-corrected chi connectivity index (χ4v) is 3.89. The quantitative estimate of drug-likeness (QED) is 0.910. The van der Waals surface area contributed by atoms with Crippen LogP contribution in [0, 0.1) is 5.92 Å². The lowest BCUT2D eigenvalue weighted by Crippen LogP contribution is -2.39. The standard InChI is InChI=1S/C18H22N2O2S/c1-2-13-3-4-16(19-11-13)17(15-7-10-23-12-15)20-8-5-14(6-9-20)18(21)22/h3-4,7,10-12,14,17H,2,5-6,8-9H2,1H3,(H,21,22). The van der Waals surface area contributed by atoms with E-state index in [0.717, 1.165) is 25.2 Å². The summed E-state index contributed by atoms with van der Waals surface area (Å²) in [4.78, 5) is 18.2. The number of thiophene rings is 1. The Balaban J connectivity index is 1.83. The molecule has 0 spiro atoms. The number of carboxylic acids is 1. The maximum absolute atomic E-state index is 11.2. The largest absolute Gasteiger partial charge is 0.481 e. The van der Waals surface area contributed by atoms with Gasteiger partial charge < -0.3 is 5.11 Å². The Labute approximate surface area is 140 Å². The molecule has 0 amide bonds. The van der Waals surface area contributed by atoms with E-state index in [4.69, 9.17) is 0 Å². The maximum Gasteiger partial charge on any atom is 0.306 e. The van der Waals surface area contributed by atoms with Crippen molar-refractivity contribution in [2.75, 3.05) is 13.1 Å². The fraction of sp³-hybridized carbons (Fsp3) is 0.444. The van der Waals surface area contributed by atoms with Crippen LogP contribution >= 0.6 is 11.3 Å². The Hall–Kier alpha value is -1.72. The normalized spacial score (nSPS) is 18.0. The van der Waals surface area contributed by atoms with Crippen molar-refractivity contribution in [2.45, 2.75) is 32.2 Å². The number of carbonyl (C=O) groups is 1. The number of hydrogen-bond acceptors (Lipinski definition) is 4. The van der Waals surface area contributed by atoms with Gasteiger partial charge in [-0.1, -0.05) is 13.0 Å². The van der Waals surface area contributed by atoms with Crippen molar-refractivity contribution < 1.29 is 9.90 Å². The van der Waals surface area contributed by atoms with Gasteiger partial charge in [0, 0.05) is 6.20 Å². The molecule has 0 aliphatic carbocycles. The molecular weight excluding hydrogens is 308 g/mol. The number of aromatic nitrogens is 1. The topological polar surface area (TPSA) is 53.4 Å². The summed E-state index contributed by atoms with van der Waals surface area (Å²) in [6.07, 6.45) is 4.37. The number of rotatable bonds is 5. The first kappa shape index (κ1) is 16.1. The summed E-state index contributed by atoms with van der Waals surface area (Å²) in [6, 6.07) is 6.53. The molecule has 0 radical (unpaired) electrons. The van der Waals surface area contributed by atoms with Gasteiger partial charge in [-0.05, 0) is 66.4 Å². The first-order valence-corrected chi connectivity index (χ1v) is 9.07. The van der Waals surface area contributed by atoms with Gasteiger partial charge >= 0.3 is 5.97 Å². The van der Waals surface area contributed by atoms with Crippen molar-refractivity contribution in [3.05, 3.63) is 52.0 Å². The van der Waals surface area contributed by atoms with Crippen molar-refractivity contribution >= 4 is 17.3 Å². The van der Waals surface area contributed by atoms with E-state index in [9.17, 15) is 9.90 Å². The summed E-state index contributed by atoms with van der Waals surface area (Å²) in [5.41, 5.74) is 3.54. The molecule has 3 rings (SSSR count). The molecule has 2 aromatic rings. The first-order chi connectivity index (χ1) is 11.2. The average Bonchev–Trinajstić information content (AvgIpc) is 3.10. The number of nitrogens with zero attached hydrogens (tertiary/aromatic N) is 2. The van der Waals surface area contributed by atoms with Crippen molar-refractivity contribution in [3.63, 3.8) is 0 Å². The van der Waals surface area contributed by atoms with Crippen LogP contribution < -0.4 is 0 Å². The van der Waals surface area contributed by atoms with E-state index in [1.807, 2.05) is 6.20 Å². The highest BCUT2D eigenvalue weighted by Gasteiger charge is 2.30. The molecule has 3 heterocycles. The third-order valence-electron chi connectivity index (χ3n) is 4.64. The number of aryl methyl sites for hydroxylation is 1. The van der Waals surface area contributed by atoms with E-state index < -0.39 is 5.97 Å². The number of piperidine rings is 1. The molecule has 23 heavy (non-hydrogen) atoms. The number of carboxylic acid groups (broad SMARTS) is 1. The molecule has 122 valence electrons. The Morgan fingerprint density at radius 1 is 1.39 bits per heavy atom. The Morgan fingerprint density at radius 2 is 2.17 bits per heavy atom. The van der Waals surface area contributed by atoms with Crippen LogP contribution in [0.1, 0.15) is 42.6 Å². The van der Waals surface area contributed by atoms with Crippen LogP contribution in [0.2, 0.25) is 0 Å². The summed E-state index contributed by atoms with van der Waals surface area (Å²) in [7, 11) is 0. The molecule has 0 bridgehead atoms. The van der Waals surface area contributed by atoms with Gasteiger partial charge in [-0.2, -0.15) is 11.3 Å². The summed E-state index contributed by atoms with van der Waals surface area (Å²) in [5.74, 6) is -0.869. The van der Waals surface area contributed by atoms with Crippen LogP contribution in [0.25, 0.3) is 0 Å². The van der Waals surface area contributed by atoms with Gasteiger partial charge in [-0.3, -0.25) is 14.7 Å². The molecule has 1 unspecified atom stereocenters. The van der Waals surface area contributed by atoms with Crippen molar-refractivity contribution in [1.29, 1.82) is 0 Å². The molecule has 5 heteroatoms. The van der Waals surface area contributed by atoms with Crippen molar-refractivity contribution in [3.8, 4) is 0 Å². The monoisotopic (exact) mass is 330 g/mol. The smallest absolute Gasteiger partial charge is 0.306 e. The van der Waals surface area contributed by atoms with E-state index in [-0.39, 0.29) is 12.0 Å². The minimum absolute atomic E-state index is 0.127. The van der Waals surface area contributed by atoms with Gasteiger partial charge in [0.05, 0.1) is 17.7 Å². The second-order valence-electron chi connectivity index (χ2n) is 6.05. The highest BCUT2D eigenvalue weighted by Crippen LogP contribution is 2.32. The predicted octanol–water partition coefficient (Wildman–Crippen LogP) is 3.59.